The number of benzene rings is 5. The lowest BCUT2D eigenvalue weighted by Gasteiger charge is -2.40. The van der Waals surface area contributed by atoms with E-state index in [1.165, 1.54) is 129 Å². The van der Waals surface area contributed by atoms with Crippen molar-refractivity contribution in [2.75, 3.05) is 0 Å². The molecular formula is C53H58Br2. The number of halogens is 2. The van der Waals surface area contributed by atoms with Gasteiger partial charge >= 0.3 is 0 Å². The molecular weight excluding hydrogens is 796 g/mol. The number of allylic oxidation sites excluding steroid dienone is 4. The highest BCUT2D eigenvalue weighted by Crippen LogP contribution is 2.61. The molecule has 2 heteroatoms. The van der Waals surface area contributed by atoms with Crippen molar-refractivity contribution in [2.45, 2.75) is 117 Å². The lowest BCUT2D eigenvalue weighted by molar-refractivity contribution is 0.458. The lowest BCUT2D eigenvalue weighted by atomic mass is 9.62. The maximum atomic E-state index is 3.77. The highest BCUT2D eigenvalue weighted by atomic mass is 79.9. The van der Waals surface area contributed by atoms with Crippen LogP contribution in [0.1, 0.15) is 132 Å². The summed E-state index contributed by atoms with van der Waals surface area (Å²) in [5.74, 6) is 0.469. The van der Waals surface area contributed by atoms with E-state index < -0.39 is 0 Å². The largest absolute Gasteiger partial charge is 0.0757 e. The van der Waals surface area contributed by atoms with E-state index in [0.717, 1.165) is 21.8 Å². The zero-order valence-electron chi connectivity index (χ0n) is 33.9. The molecule has 0 aromatic heterocycles. The highest BCUT2D eigenvalue weighted by Gasteiger charge is 2.53. The zero-order valence-corrected chi connectivity index (χ0v) is 37.0. The van der Waals surface area contributed by atoms with E-state index in [2.05, 4.69) is 183 Å². The third-order valence-corrected chi connectivity index (χ3v) is 13.5. The summed E-state index contributed by atoms with van der Waals surface area (Å²) >= 11 is 7.54. The molecule has 2 aliphatic carbocycles. The van der Waals surface area contributed by atoms with Gasteiger partial charge in [-0.15, -0.1) is 0 Å². The van der Waals surface area contributed by atoms with Gasteiger partial charge < -0.3 is 0 Å². The summed E-state index contributed by atoms with van der Waals surface area (Å²) in [6.07, 6.45) is 20.2. The summed E-state index contributed by atoms with van der Waals surface area (Å²) in [6.45, 7) is 13.6. The molecule has 7 rings (SSSR count). The van der Waals surface area contributed by atoms with Crippen LogP contribution < -0.4 is 0 Å². The number of hydrogen-bond acceptors (Lipinski definition) is 0. The molecule has 0 fully saturated rings. The molecule has 0 saturated carbocycles. The Balaban J connectivity index is 1.46. The van der Waals surface area contributed by atoms with Crippen molar-refractivity contribution in [1.82, 2.24) is 0 Å². The van der Waals surface area contributed by atoms with Gasteiger partial charge in [0.05, 0.1) is 5.41 Å². The Morgan fingerprint density at radius 2 is 1.04 bits per heavy atom. The molecule has 0 aliphatic heterocycles. The molecule has 284 valence electrons. The quantitative estimate of drug-likeness (QED) is 0.0977. The molecule has 0 saturated heterocycles. The highest BCUT2D eigenvalue weighted by molar-refractivity contribution is 9.10. The Hall–Kier alpha value is -3.46. The van der Waals surface area contributed by atoms with Gasteiger partial charge in [0.25, 0.3) is 0 Å². The summed E-state index contributed by atoms with van der Waals surface area (Å²) < 4.78 is 2.28. The van der Waals surface area contributed by atoms with Gasteiger partial charge in [-0.25, -0.2) is 0 Å². The average Bonchev–Trinajstić information content (AvgIpc) is 3.44. The van der Waals surface area contributed by atoms with Gasteiger partial charge in [-0.2, -0.15) is 0 Å². The van der Waals surface area contributed by atoms with Crippen molar-refractivity contribution in [3.05, 3.63) is 179 Å². The molecule has 0 N–H and O–H groups in total. The fraction of sp³-hybridized carbons (Fsp3) is 0.358. The van der Waals surface area contributed by atoms with E-state index in [0.29, 0.717) is 0 Å². The van der Waals surface area contributed by atoms with Gasteiger partial charge in [0.2, 0.25) is 0 Å². The van der Waals surface area contributed by atoms with Crippen LogP contribution in [-0.2, 0) is 18.3 Å². The molecule has 0 spiro atoms. The monoisotopic (exact) mass is 852 g/mol. The van der Waals surface area contributed by atoms with Crippen LogP contribution >= 0.6 is 31.9 Å². The maximum absolute atomic E-state index is 3.77. The van der Waals surface area contributed by atoms with E-state index in [4.69, 9.17) is 0 Å². The number of rotatable bonds is 14. The standard InChI is InChI=1S/C53H58Br2/c1-7-9-11-13-15-39-17-23-43(24-18-39)53(44-25-19-40(20-26-44)16-14-12-10-8-2)49-33-41(51-35(3)29-45(54)30-36(51)4)21-27-47(49)48-28-22-42(34-50(48)53)52-37(5)31-46(55)32-38(52)6/h17-34,47,49H,7-16H2,1-6H3/t47-,49?/m1/s1. The van der Waals surface area contributed by atoms with Gasteiger partial charge in [-0.3, -0.25) is 0 Å². The second kappa shape index (κ2) is 17.4. The molecule has 2 aliphatic rings. The Morgan fingerprint density at radius 3 is 1.53 bits per heavy atom. The molecule has 2 atom stereocenters. The van der Waals surface area contributed by atoms with Crippen LogP contribution in [0, 0.1) is 33.6 Å². The van der Waals surface area contributed by atoms with Gasteiger partial charge in [0.15, 0.2) is 0 Å². The van der Waals surface area contributed by atoms with Crippen LogP contribution in [-0.4, -0.2) is 0 Å². The van der Waals surface area contributed by atoms with Gasteiger partial charge in [0.1, 0.15) is 0 Å². The predicted molar refractivity (Wildman–Crippen MR) is 244 cm³/mol. The van der Waals surface area contributed by atoms with Crippen molar-refractivity contribution < 1.29 is 0 Å². The molecule has 5 aromatic carbocycles. The fourth-order valence-electron chi connectivity index (χ4n) is 10.0. The van der Waals surface area contributed by atoms with Crippen LogP contribution in [0.3, 0.4) is 0 Å². The van der Waals surface area contributed by atoms with Crippen molar-refractivity contribution in [2.24, 2.45) is 5.92 Å². The van der Waals surface area contributed by atoms with Crippen molar-refractivity contribution in [3.8, 4) is 11.1 Å². The molecule has 55 heavy (non-hydrogen) atoms. The maximum Gasteiger partial charge on any atom is 0.0526 e. The summed E-state index contributed by atoms with van der Waals surface area (Å²) in [7, 11) is 0. The minimum absolute atomic E-state index is 0.207. The van der Waals surface area contributed by atoms with Crippen LogP contribution in [0.25, 0.3) is 16.7 Å². The molecule has 5 aromatic rings. The third-order valence-electron chi connectivity index (χ3n) is 12.6. The van der Waals surface area contributed by atoms with Gasteiger partial charge in [0, 0.05) is 20.8 Å². The summed E-state index contributed by atoms with van der Waals surface area (Å²) in [5, 5.41) is 0. The second-order valence-electron chi connectivity index (χ2n) is 16.5. The van der Waals surface area contributed by atoms with E-state index in [1.807, 2.05) is 0 Å². The number of fused-ring (bicyclic) bond motifs is 3. The van der Waals surface area contributed by atoms with Crippen LogP contribution in [0.4, 0.5) is 0 Å². The van der Waals surface area contributed by atoms with E-state index >= 15 is 0 Å². The van der Waals surface area contributed by atoms with E-state index in [-0.39, 0.29) is 17.3 Å². The third kappa shape index (κ3) is 7.93. The Kier molecular flexibility index (Phi) is 12.5. The first kappa shape index (κ1) is 39.8. The molecule has 0 nitrogen and oxygen atoms in total. The smallest absolute Gasteiger partial charge is 0.0526 e. The zero-order chi connectivity index (χ0) is 38.7. The molecule has 0 heterocycles. The molecule has 1 unspecified atom stereocenters. The summed E-state index contributed by atoms with van der Waals surface area (Å²) in [6, 6.07) is 36.2. The first-order valence-electron chi connectivity index (χ1n) is 20.9. The van der Waals surface area contributed by atoms with Crippen LogP contribution in [0.15, 0.2) is 118 Å². The normalized spacial score (nSPS) is 16.9. The van der Waals surface area contributed by atoms with Crippen LogP contribution in [0.2, 0.25) is 0 Å². The second-order valence-corrected chi connectivity index (χ2v) is 18.3. The SMILES string of the molecule is CCCCCCc1ccc(C2(c3ccc(CCCCCC)cc3)c3cc(-c4c(C)cc(Br)cc4C)ccc3[C@H]3C=CC(c4c(C)cc(Br)cc4C)=CC32)cc1. The van der Waals surface area contributed by atoms with Crippen molar-refractivity contribution >= 4 is 37.4 Å². The van der Waals surface area contributed by atoms with E-state index in [1.54, 1.807) is 0 Å². The van der Waals surface area contributed by atoms with Crippen molar-refractivity contribution in [3.63, 3.8) is 0 Å². The van der Waals surface area contributed by atoms with E-state index in [9.17, 15) is 0 Å². The Bertz CT molecular complexity index is 2100. The van der Waals surface area contributed by atoms with Crippen LogP contribution in [0.5, 0.6) is 0 Å². The molecule has 0 bridgehead atoms. The van der Waals surface area contributed by atoms with Gasteiger partial charge in [-0.05, 0) is 162 Å². The number of unbranched alkanes of at least 4 members (excludes halogenated alkanes) is 6. The Labute approximate surface area is 348 Å². The van der Waals surface area contributed by atoms with Crippen molar-refractivity contribution in [1.29, 1.82) is 0 Å². The first-order chi connectivity index (χ1) is 26.6. The fourth-order valence-corrected chi connectivity index (χ4v) is 11.4. The lowest BCUT2D eigenvalue weighted by Crippen LogP contribution is -2.35. The summed E-state index contributed by atoms with van der Waals surface area (Å²) in [5.41, 5.74) is 18.8. The Morgan fingerprint density at radius 1 is 0.545 bits per heavy atom. The minimum atomic E-state index is -0.373. The minimum Gasteiger partial charge on any atom is -0.0757 e. The first-order valence-corrected chi connectivity index (χ1v) is 22.5. The average molecular weight is 855 g/mol. The number of hydrogen-bond donors (Lipinski definition) is 0. The van der Waals surface area contributed by atoms with Gasteiger partial charge in [-0.1, -0.05) is 163 Å². The topological polar surface area (TPSA) is 0 Å². The summed E-state index contributed by atoms with van der Waals surface area (Å²) in [4.78, 5) is 0. The molecule has 0 radical (unpaired) electrons. The number of aryl methyl sites for hydroxylation is 6. The predicted octanol–water partition coefficient (Wildman–Crippen LogP) is 16.1. The molecule has 0 amide bonds.